The van der Waals surface area contributed by atoms with E-state index in [-0.39, 0.29) is 5.91 Å². The maximum absolute atomic E-state index is 12.5. The van der Waals surface area contributed by atoms with Gasteiger partial charge < -0.3 is 10.2 Å². The van der Waals surface area contributed by atoms with Crippen LogP contribution in [0.3, 0.4) is 0 Å². The van der Waals surface area contributed by atoms with Gasteiger partial charge in [0.05, 0.1) is 0 Å². The number of benzene rings is 1. The van der Waals surface area contributed by atoms with Crippen LogP contribution in [0.25, 0.3) is 0 Å². The van der Waals surface area contributed by atoms with Crippen LogP contribution in [0.2, 0.25) is 5.02 Å². The van der Waals surface area contributed by atoms with E-state index in [1.54, 1.807) is 0 Å². The maximum Gasteiger partial charge on any atom is 0.253 e. The van der Waals surface area contributed by atoms with E-state index in [9.17, 15) is 4.79 Å². The van der Waals surface area contributed by atoms with Gasteiger partial charge in [0.25, 0.3) is 5.91 Å². The molecule has 2 aliphatic heterocycles. The van der Waals surface area contributed by atoms with Gasteiger partial charge in [0.2, 0.25) is 0 Å². The Kier molecular flexibility index (Phi) is 3.50. The van der Waals surface area contributed by atoms with Gasteiger partial charge in [-0.2, -0.15) is 0 Å². The Labute approximate surface area is 118 Å². The highest BCUT2D eigenvalue weighted by atomic mass is 35.5. The van der Waals surface area contributed by atoms with Crippen LogP contribution in [0.4, 0.5) is 0 Å². The first-order chi connectivity index (χ1) is 9.15. The van der Waals surface area contributed by atoms with E-state index in [0.29, 0.717) is 17.0 Å². The standard InChI is InChI=1S/C15H19ClN2O/c1-10-7-11(4-5-13(10)16)15(19)18-8-12-3-2-6-17-14(12)9-18/h4-5,7,12,14,17H,2-3,6,8-9H2,1H3. The lowest BCUT2D eigenvalue weighted by molar-refractivity contribution is 0.0785. The van der Waals surface area contributed by atoms with Crippen molar-refractivity contribution in [3.63, 3.8) is 0 Å². The molecule has 3 nitrogen and oxygen atoms in total. The summed E-state index contributed by atoms with van der Waals surface area (Å²) in [6, 6.07) is 6.02. The molecule has 2 unspecified atom stereocenters. The second kappa shape index (κ2) is 5.14. The highest BCUT2D eigenvalue weighted by Gasteiger charge is 2.36. The van der Waals surface area contributed by atoms with Crippen LogP contribution >= 0.6 is 11.6 Å². The summed E-state index contributed by atoms with van der Waals surface area (Å²) in [7, 11) is 0. The number of carbonyl (C=O) groups is 1. The molecule has 0 bridgehead atoms. The van der Waals surface area contributed by atoms with Crippen molar-refractivity contribution in [2.24, 2.45) is 5.92 Å². The summed E-state index contributed by atoms with van der Waals surface area (Å²) in [6.07, 6.45) is 2.46. The number of rotatable bonds is 1. The lowest BCUT2D eigenvalue weighted by Crippen LogP contribution is -2.41. The molecule has 0 spiro atoms. The van der Waals surface area contributed by atoms with Crippen molar-refractivity contribution in [2.75, 3.05) is 19.6 Å². The summed E-state index contributed by atoms with van der Waals surface area (Å²) in [5.41, 5.74) is 1.71. The minimum atomic E-state index is 0.135. The first-order valence-electron chi connectivity index (χ1n) is 6.94. The molecule has 4 heteroatoms. The molecule has 1 aromatic carbocycles. The van der Waals surface area contributed by atoms with Gasteiger partial charge in [-0.15, -0.1) is 0 Å². The molecule has 2 fully saturated rings. The lowest BCUT2D eigenvalue weighted by Gasteiger charge is -2.24. The fourth-order valence-corrected chi connectivity index (χ4v) is 3.29. The predicted octanol–water partition coefficient (Wildman–Crippen LogP) is 2.47. The SMILES string of the molecule is Cc1cc(C(=O)N2CC3CCCNC3C2)ccc1Cl. The third-order valence-electron chi connectivity index (χ3n) is 4.29. The smallest absolute Gasteiger partial charge is 0.253 e. The number of halogens is 1. The normalized spacial score (nSPS) is 26.3. The van der Waals surface area contributed by atoms with E-state index in [1.165, 1.54) is 12.8 Å². The number of likely N-dealkylation sites (tertiary alicyclic amines) is 1. The summed E-state index contributed by atoms with van der Waals surface area (Å²) in [5, 5.41) is 4.24. The maximum atomic E-state index is 12.5. The number of carbonyl (C=O) groups excluding carboxylic acids is 1. The zero-order chi connectivity index (χ0) is 13.4. The first kappa shape index (κ1) is 12.9. The molecule has 0 saturated carbocycles. The van der Waals surface area contributed by atoms with Crippen molar-refractivity contribution in [1.82, 2.24) is 10.2 Å². The number of hydrogen-bond acceptors (Lipinski definition) is 2. The zero-order valence-electron chi connectivity index (χ0n) is 11.2. The molecule has 1 amide bonds. The van der Waals surface area contributed by atoms with Crippen LogP contribution in [0.1, 0.15) is 28.8 Å². The Hall–Kier alpha value is -1.06. The van der Waals surface area contributed by atoms with Gasteiger partial charge >= 0.3 is 0 Å². The number of fused-ring (bicyclic) bond motifs is 1. The van der Waals surface area contributed by atoms with Crippen LogP contribution in [0.15, 0.2) is 18.2 Å². The number of nitrogens with one attached hydrogen (secondary N) is 1. The number of aryl methyl sites for hydroxylation is 1. The van der Waals surface area contributed by atoms with Crippen LogP contribution < -0.4 is 5.32 Å². The average molecular weight is 279 g/mol. The Balaban J connectivity index is 1.75. The largest absolute Gasteiger partial charge is 0.337 e. The van der Waals surface area contributed by atoms with Crippen LogP contribution in [0, 0.1) is 12.8 Å². The van der Waals surface area contributed by atoms with Crippen molar-refractivity contribution < 1.29 is 4.79 Å². The molecule has 2 heterocycles. The second-order valence-electron chi connectivity index (χ2n) is 5.64. The molecule has 102 valence electrons. The molecule has 0 radical (unpaired) electrons. The number of nitrogens with zero attached hydrogens (tertiary/aromatic N) is 1. The van der Waals surface area contributed by atoms with Crippen molar-refractivity contribution in [1.29, 1.82) is 0 Å². The molecule has 2 saturated heterocycles. The van der Waals surface area contributed by atoms with Gasteiger partial charge in [0.15, 0.2) is 0 Å². The fraction of sp³-hybridized carbons (Fsp3) is 0.533. The van der Waals surface area contributed by atoms with Crippen LogP contribution in [-0.4, -0.2) is 36.5 Å². The van der Waals surface area contributed by atoms with Gasteiger partial charge in [-0.05, 0) is 56.0 Å². The predicted molar refractivity (Wildman–Crippen MR) is 76.6 cm³/mol. The molecule has 0 aliphatic carbocycles. The highest BCUT2D eigenvalue weighted by Crippen LogP contribution is 2.26. The van der Waals surface area contributed by atoms with Crippen molar-refractivity contribution >= 4 is 17.5 Å². The Morgan fingerprint density at radius 2 is 2.26 bits per heavy atom. The number of piperidine rings is 1. The van der Waals surface area contributed by atoms with Crippen LogP contribution in [0.5, 0.6) is 0 Å². The van der Waals surface area contributed by atoms with Gasteiger partial charge in [-0.1, -0.05) is 11.6 Å². The summed E-state index contributed by atoms with van der Waals surface area (Å²) < 4.78 is 0. The van der Waals surface area contributed by atoms with Gasteiger partial charge in [0.1, 0.15) is 0 Å². The second-order valence-corrected chi connectivity index (χ2v) is 6.04. The van der Waals surface area contributed by atoms with E-state index < -0.39 is 0 Å². The molecule has 0 aromatic heterocycles. The van der Waals surface area contributed by atoms with Crippen molar-refractivity contribution in [3.8, 4) is 0 Å². The highest BCUT2D eigenvalue weighted by molar-refractivity contribution is 6.31. The van der Waals surface area contributed by atoms with E-state index in [0.717, 1.165) is 30.8 Å². The van der Waals surface area contributed by atoms with Gasteiger partial charge in [-0.25, -0.2) is 0 Å². The average Bonchev–Trinajstić information content (AvgIpc) is 2.85. The Morgan fingerprint density at radius 1 is 1.42 bits per heavy atom. The van der Waals surface area contributed by atoms with E-state index in [4.69, 9.17) is 11.6 Å². The van der Waals surface area contributed by atoms with Crippen molar-refractivity contribution in [2.45, 2.75) is 25.8 Å². The first-order valence-corrected chi connectivity index (χ1v) is 7.32. The monoisotopic (exact) mass is 278 g/mol. The summed E-state index contributed by atoms with van der Waals surface area (Å²) >= 11 is 6.01. The Bertz CT molecular complexity index is 489. The third kappa shape index (κ3) is 2.49. The molecule has 3 rings (SSSR count). The molecule has 2 aliphatic rings. The minimum absolute atomic E-state index is 0.135. The zero-order valence-corrected chi connectivity index (χ0v) is 11.9. The molecular formula is C15H19ClN2O. The minimum Gasteiger partial charge on any atom is -0.337 e. The molecular weight excluding hydrogens is 260 g/mol. The topological polar surface area (TPSA) is 32.3 Å². The number of amides is 1. The van der Waals surface area contributed by atoms with Gasteiger partial charge in [0, 0.05) is 29.7 Å². The summed E-state index contributed by atoms with van der Waals surface area (Å²) in [6.45, 7) is 4.75. The van der Waals surface area contributed by atoms with Gasteiger partial charge in [-0.3, -0.25) is 4.79 Å². The number of hydrogen-bond donors (Lipinski definition) is 1. The quantitative estimate of drug-likeness (QED) is 0.856. The van der Waals surface area contributed by atoms with Crippen LogP contribution in [-0.2, 0) is 0 Å². The molecule has 19 heavy (non-hydrogen) atoms. The van der Waals surface area contributed by atoms with E-state index in [2.05, 4.69) is 5.32 Å². The summed E-state index contributed by atoms with van der Waals surface area (Å²) in [4.78, 5) is 14.5. The van der Waals surface area contributed by atoms with E-state index in [1.807, 2.05) is 30.0 Å². The lowest BCUT2D eigenvalue weighted by atomic mass is 9.94. The summed E-state index contributed by atoms with van der Waals surface area (Å²) in [5.74, 6) is 0.766. The Morgan fingerprint density at radius 3 is 3.00 bits per heavy atom. The fourth-order valence-electron chi connectivity index (χ4n) is 3.17. The van der Waals surface area contributed by atoms with Crippen molar-refractivity contribution in [3.05, 3.63) is 34.3 Å². The van der Waals surface area contributed by atoms with E-state index >= 15 is 0 Å². The molecule has 1 aromatic rings. The molecule has 2 atom stereocenters. The third-order valence-corrected chi connectivity index (χ3v) is 4.72. The molecule has 1 N–H and O–H groups in total.